The molecule has 0 spiro atoms. The molecule has 1 aromatic carbocycles. The molecule has 0 saturated carbocycles. The fourth-order valence-electron chi connectivity index (χ4n) is 3.42. The Kier molecular flexibility index (Phi) is 7.48. The lowest BCUT2D eigenvalue weighted by atomic mass is 9.91. The Labute approximate surface area is 139 Å². The van der Waals surface area contributed by atoms with Crippen LogP contribution in [0.1, 0.15) is 63.5 Å². The van der Waals surface area contributed by atoms with Crippen LogP contribution in [0.15, 0.2) is 12.1 Å². The molecule has 1 heterocycles. The van der Waals surface area contributed by atoms with Crippen LogP contribution in [-0.2, 0) is 12.8 Å². The molecule has 1 saturated heterocycles. The Balaban J connectivity index is 1.81. The number of unbranched alkanes of at least 4 members (excludes halogenated alkanes) is 1. The van der Waals surface area contributed by atoms with Crippen LogP contribution >= 0.6 is 0 Å². The van der Waals surface area contributed by atoms with E-state index >= 15 is 0 Å². The second-order valence-corrected chi connectivity index (χ2v) is 7.19. The topological polar surface area (TPSA) is 12.0 Å². The molecular weight excluding hydrogens is 292 g/mol. The van der Waals surface area contributed by atoms with Crippen molar-refractivity contribution in [2.75, 3.05) is 13.1 Å². The van der Waals surface area contributed by atoms with Gasteiger partial charge in [-0.3, -0.25) is 0 Å². The Hall–Kier alpha value is -0.960. The summed E-state index contributed by atoms with van der Waals surface area (Å²) in [5.74, 6) is 0.426. The van der Waals surface area contributed by atoms with E-state index in [-0.39, 0.29) is 17.2 Å². The molecule has 0 amide bonds. The van der Waals surface area contributed by atoms with Gasteiger partial charge in [-0.15, -0.1) is 0 Å². The number of nitrogens with one attached hydrogen (secondary N) is 1. The van der Waals surface area contributed by atoms with Crippen molar-refractivity contribution in [2.45, 2.75) is 65.2 Å². The summed E-state index contributed by atoms with van der Waals surface area (Å²) in [5, 5.41) is 3.38. The van der Waals surface area contributed by atoms with Gasteiger partial charge in [-0.05, 0) is 74.7 Å². The van der Waals surface area contributed by atoms with Crippen LogP contribution in [-0.4, -0.2) is 13.1 Å². The number of piperidine rings is 1. The van der Waals surface area contributed by atoms with Crippen LogP contribution < -0.4 is 5.32 Å². The first kappa shape index (κ1) is 18.4. The van der Waals surface area contributed by atoms with Crippen molar-refractivity contribution in [2.24, 2.45) is 11.8 Å². The lowest BCUT2D eigenvalue weighted by Crippen LogP contribution is -2.27. The van der Waals surface area contributed by atoms with Crippen molar-refractivity contribution < 1.29 is 8.78 Å². The molecule has 23 heavy (non-hydrogen) atoms. The second kappa shape index (κ2) is 9.36. The van der Waals surface area contributed by atoms with Crippen molar-refractivity contribution in [1.29, 1.82) is 0 Å². The van der Waals surface area contributed by atoms with Crippen molar-refractivity contribution in [1.82, 2.24) is 5.32 Å². The van der Waals surface area contributed by atoms with E-state index in [4.69, 9.17) is 0 Å². The van der Waals surface area contributed by atoms with E-state index in [1.54, 1.807) is 12.1 Å². The Morgan fingerprint density at radius 2 is 1.78 bits per heavy atom. The van der Waals surface area contributed by atoms with E-state index in [0.29, 0.717) is 12.3 Å². The number of hydrogen-bond acceptors (Lipinski definition) is 1. The van der Waals surface area contributed by atoms with Gasteiger partial charge in [0.15, 0.2) is 0 Å². The van der Waals surface area contributed by atoms with Crippen LogP contribution in [0, 0.1) is 23.5 Å². The quantitative estimate of drug-likeness (QED) is 0.643. The summed E-state index contributed by atoms with van der Waals surface area (Å²) < 4.78 is 28.3. The van der Waals surface area contributed by atoms with Crippen LogP contribution in [0.3, 0.4) is 0 Å². The minimum absolute atomic E-state index is 0.262. The van der Waals surface area contributed by atoms with Gasteiger partial charge in [-0.1, -0.05) is 33.1 Å². The third kappa shape index (κ3) is 5.87. The lowest BCUT2D eigenvalue weighted by molar-refractivity contribution is 0.344. The van der Waals surface area contributed by atoms with E-state index in [1.165, 1.54) is 19.3 Å². The van der Waals surface area contributed by atoms with Crippen molar-refractivity contribution in [3.8, 4) is 0 Å². The molecule has 0 bridgehead atoms. The van der Waals surface area contributed by atoms with Gasteiger partial charge in [-0.25, -0.2) is 8.78 Å². The van der Waals surface area contributed by atoms with Gasteiger partial charge in [0.1, 0.15) is 11.6 Å². The minimum atomic E-state index is -0.362. The number of benzene rings is 1. The van der Waals surface area contributed by atoms with Gasteiger partial charge >= 0.3 is 0 Å². The third-order valence-corrected chi connectivity index (χ3v) is 5.24. The predicted octanol–water partition coefficient (Wildman–Crippen LogP) is 5.27. The number of halogens is 2. The van der Waals surface area contributed by atoms with Crippen molar-refractivity contribution in [3.63, 3.8) is 0 Å². The van der Waals surface area contributed by atoms with Gasteiger partial charge < -0.3 is 5.32 Å². The first-order valence-electron chi connectivity index (χ1n) is 9.27. The predicted molar refractivity (Wildman–Crippen MR) is 92.7 cm³/mol. The van der Waals surface area contributed by atoms with Crippen LogP contribution in [0.5, 0.6) is 0 Å². The SMILES string of the molecule is CCC(C)Cc1c(F)cc(CCCCC2CCNCC2)cc1F. The first-order chi connectivity index (χ1) is 11.1. The molecule has 2 rings (SSSR count). The highest BCUT2D eigenvalue weighted by Gasteiger charge is 2.15. The normalized spacial score (nSPS) is 17.4. The summed E-state index contributed by atoms with van der Waals surface area (Å²) in [6.45, 7) is 6.36. The maximum atomic E-state index is 14.2. The molecule has 0 aliphatic carbocycles. The van der Waals surface area contributed by atoms with E-state index in [1.807, 2.05) is 6.92 Å². The third-order valence-electron chi connectivity index (χ3n) is 5.24. The maximum absolute atomic E-state index is 14.2. The Bertz CT molecular complexity index is 458. The molecule has 1 atom stereocenters. The molecule has 1 aliphatic heterocycles. The monoisotopic (exact) mass is 323 g/mol. The summed E-state index contributed by atoms with van der Waals surface area (Å²) in [6.07, 6.45) is 8.18. The number of hydrogen-bond donors (Lipinski definition) is 1. The van der Waals surface area contributed by atoms with Crippen LogP contribution in [0.4, 0.5) is 8.78 Å². The molecule has 1 aromatic rings. The molecular formula is C20H31F2N. The molecule has 1 nitrogen and oxygen atoms in total. The van der Waals surface area contributed by atoms with Gasteiger partial charge in [0.25, 0.3) is 0 Å². The second-order valence-electron chi connectivity index (χ2n) is 7.19. The highest BCUT2D eigenvalue weighted by Crippen LogP contribution is 2.23. The molecule has 1 N–H and O–H groups in total. The standard InChI is InChI=1S/C20H31F2N/c1-3-15(2)12-18-19(21)13-17(14-20(18)22)7-5-4-6-16-8-10-23-11-9-16/h13-16,23H,3-12H2,1-2H3. The van der Waals surface area contributed by atoms with Gasteiger partial charge in [0.2, 0.25) is 0 Å². The Morgan fingerprint density at radius 1 is 1.13 bits per heavy atom. The van der Waals surface area contributed by atoms with Crippen molar-refractivity contribution in [3.05, 3.63) is 34.9 Å². The average molecular weight is 323 g/mol. The minimum Gasteiger partial charge on any atom is -0.317 e. The van der Waals surface area contributed by atoms with Crippen LogP contribution in [0.2, 0.25) is 0 Å². The van der Waals surface area contributed by atoms with E-state index in [2.05, 4.69) is 12.2 Å². The average Bonchev–Trinajstić information content (AvgIpc) is 2.55. The highest BCUT2D eigenvalue weighted by molar-refractivity contribution is 5.26. The van der Waals surface area contributed by atoms with E-state index in [0.717, 1.165) is 50.3 Å². The zero-order valence-electron chi connectivity index (χ0n) is 14.6. The fraction of sp³-hybridized carbons (Fsp3) is 0.700. The van der Waals surface area contributed by atoms with E-state index < -0.39 is 0 Å². The largest absolute Gasteiger partial charge is 0.317 e. The molecule has 0 radical (unpaired) electrons. The zero-order chi connectivity index (χ0) is 16.7. The molecule has 130 valence electrons. The van der Waals surface area contributed by atoms with Gasteiger partial charge in [-0.2, -0.15) is 0 Å². The maximum Gasteiger partial charge on any atom is 0.129 e. The highest BCUT2D eigenvalue weighted by atomic mass is 19.1. The summed E-state index contributed by atoms with van der Waals surface area (Å²) >= 11 is 0. The summed E-state index contributed by atoms with van der Waals surface area (Å²) in [7, 11) is 0. The Morgan fingerprint density at radius 3 is 2.39 bits per heavy atom. The zero-order valence-corrected chi connectivity index (χ0v) is 14.6. The van der Waals surface area contributed by atoms with Gasteiger partial charge in [0, 0.05) is 5.56 Å². The molecule has 1 fully saturated rings. The first-order valence-corrected chi connectivity index (χ1v) is 9.27. The number of rotatable bonds is 8. The fourth-order valence-corrected chi connectivity index (χ4v) is 3.42. The summed E-state index contributed by atoms with van der Waals surface area (Å²) in [6, 6.07) is 3.09. The summed E-state index contributed by atoms with van der Waals surface area (Å²) in [4.78, 5) is 0. The smallest absolute Gasteiger partial charge is 0.129 e. The number of aryl methyl sites for hydroxylation is 1. The van der Waals surface area contributed by atoms with Crippen LogP contribution in [0.25, 0.3) is 0 Å². The van der Waals surface area contributed by atoms with E-state index in [9.17, 15) is 8.78 Å². The molecule has 3 heteroatoms. The van der Waals surface area contributed by atoms with Gasteiger partial charge in [0.05, 0.1) is 0 Å². The van der Waals surface area contributed by atoms with Crippen molar-refractivity contribution >= 4 is 0 Å². The molecule has 0 aromatic heterocycles. The molecule has 1 aliphatic rings. The summed E-state index contributed by atoms with van der Waals surface area (Å²) in [5.41, 5.74) is 1.07. The lowest BCUT2D eigenvalue weighted by Gasteiger charge is -2.22. The molecule has 1 unspecified atom stereocenters.